The van der Waals surface area contributed by atoms with Crippen LogP contribution in [0.3, 0.4) is 0 Å². The van der Waals surface area contributed by atoms with Gasteiger partial charge in [-0.1, -0.05) is 6.07 Å². The smallest absolute Gasteiger partial charge is 0.142 e. The minimum Gasteiger partial charge on any atom is -0.319 e. The lowest BCUT2D eigenvalue weighted by Crippen LogP contribution is -2.09. The number of aryl methyl sites for hydroxylation is 1. The lowest BCUT2D eigenvalue weighted by atomic mass is 10.3. The minimum atomic E-state index is 0.964. The Morgan fingerprint density at radius 1 is 1.38 bits per heavy atom. The highest BCUT2D eigenvalue weighted by Crippen LogP contribution is 2.26. The van der Waals surface area contributed by atoms with Crippen LogP contribution in [0.1, 0.15) is 10.6 Å². The quantitative estimate of drug-likeness (QED) is 0.880. The van der Waals surface area contributed by atoms with E-state index in [2.05, 4.69) is 22.2 Å². The van der Waals surface area contributed by atoms with Crippen LogP contribution in [0.4, 0.5) is 0 Å². The fourth-order valence-corrected chi connectivity index (χ4v) is 2.54. The Bertz CT molecular complexity index is 451. The third kappa shape index (κ3) is 2.46. The van der Waals surface area contributed by atoms with E-state index in [9.17, 15) is 0 Å². The van der Waals surface area contributed by atoms with Crippen LogP contribution in [-0.2, 0) is 6.42 Å². The standard InChI is InChI=1S/C12H15N3S/c1-9-11(6-8-13-2)16-12(15-9)10-5-3-4-7-14-10/h3-5,7,13H,6,8H2,1-2H3. The summed E-state index contributed by atoms with van der Waals surface area (Å²) in [7, 11) is 1.97. The van der Waals surface area contributed by atoms with Crippen molar-refractivity contribution in [2.75, 3.05) is 13.6 Å². The molecule has 0 aliphatic heterocycles. The Labute approximate surface area is 99.6 Å². The first-order valence-corrected chi connectivity index (χ1v) is 6.15. The summed E-state index contributed by atoms with van der Waals surface area (Å²) in [4.78, 5) is 10.2. The number of nitrogens with one attached hydrogen (secondary N) is 1. The van der Waals surface area contributed by atoms with E-state index in [1.165, 1.54) is 4.88 Å². The second-order valence-electron chi connectivity index (χ2n) is 3.60. The molecule has 0 radical (unpaired) electrons. The van der Waals surface area contributed by atoms with Crippen LogP contribution in [0.15, 0.2) is 24.4 Å². The fourth-order valence-electron chi connectivity index (χ4n) is 1.50. The Morgan fingerprint density at radius 2 is 2.25 bits per heavy atom. The molecular weight excluding hydrogens is 218 g/mol. The van der Waals surface area contributed by atoms with Crippen molar-refractivity contribution >= 4 is 11.3 Å². The van der Waals surface area contributed by atoms with Crippen molar-refractivity contribution in [3.63, 3.8) is 0 Å². The highest BCUT2D eigenvalue weighted by Gasteiger charge is 2.09. The van der Waals surface area contributed by atoms with Gasteiger partial charge in [-0.2, -0.15) is 0 Å². The summed E-state index contributed by atoms with van der Waals surface area (Å²) in [5.41, 5.74) is 2.09. The van der Waals surface area contributed by atoms with Crippen molar-refractivity contribution in [2.24, 2.45) is 0 Å². The van der Waals surface area contributed by atoms with Crippen LogP contribution in [-0.4, -0.2) is 23.6 Å². The zero-order chi connectivity index (χ0) is 11.4. The van der Waals surface area contributed by atoms with Crippen molar-refractivity contribution in [2.45, 2.75) is 13.3 Å². The number of hydrogen-bond acceptors (Lipinski definition) is 4. The minimum absolute atomic E-state index is 0.964. The van der Waals surface area contributed by atoms with E-state index >= 15 is 0 Å². The van der Waals surface area contributed by atoms with E-state index < -0.39 is 0 Å². The van der Waals surface area contributed by atoms with Gasteiger partial charge in [0.1, 0.15) is 5.01 Å². The number of nitrogens with zero attached hydrogens (tertiary/aromatic N) is 2. The van der Waals surface area contributed by atoms with Crippen LogP contribution in [0.2, 0.25) is 0 Å². The normalized spacial score (nSPS) is 10.6. The molecule has 2 aromatic rings. The average Bonchev–Trinajstić information content (AvgIpc) is 2.69. The van der Waals surface area contributed by atoms with Gasteiger partial charge in [-0.05, 0) is 39.1 Å². The van der Waals surface area contributed by atoms with Gasteiger partial charge in [-0.3, -0.25) is 4.98 Å². The molecule has 2 heterocycles. The maximum Gasteiger partial charge on any atom is 0.142 e. The summed E-state index contributed by atoms with van der Waals surface area (Å²) < 4.78 is 0. The summed E-state index contributed by atoms with van der Waals surface area (Å²) >= 11 is 1.74. The van der Waals surface area contributed by atoms with Gasteiger partial charge in [0.25, 0.3) is 0 Å². The molecule has 0 unspecified atom stereocenters. The van der Waals surface area contributed by atoms with Gasteiger partial charge in [0.15, 0.2) is 0 Å². The lowest BCUT2D eigenvalue weighted by Gasteiger charge is -1.95. The highest BCUT2D eigenvalue weighted by atomic mass is 32.1. The van der Waals surface area contributed by atoms with E-state index in [1.54, 1.807) is 17.5 Å². The number of pyridine rings is 1. The van der Waals surface area contributed by atoms with E-state index in [1.807, 2.05) is 25.2 Å². The van der Waals surface area contributed by atoms with Crippen molar-refractivity contribution in [3.05, 3.63) is 35.0 Å². The zero-order valence-electron chi connectivity index (χ0n) is 9.53. The van der Waals surface area contributed by atoms with E-state index in [0.717, 1.165) is 29.4 Å². The maximum atomic E-state index is 4.56. The highest BCUT2D eigenvalue weighted by molar-refractivity contribution is 7.15. The number of likely N-dealkylation sites (N-methyl/N-ethyl adjacent to an activating group) is 1. The van der Waals surface area contributed by atoms with Crippen molar-refractivity contribution in [1.82, 2.24) is 15.3 Å². The molecule has 0 fully saturated rings. The summed E-state index contributed by atoms with van der Waals surface area (Å²) in [6, 6.07) is 5.92. The third-order valence-electron chi connectivity index (χ3n) is 2.38. The molecule has 84 valence electrons. The Kier molecular flexibility index (Phi) is 3.64. The third-order valence-corrected chi connectivity index (χ3v) is 3.62. The summed E-state index contributed by atoms with van der Waals surface area (Å²) in [5, 5.41) is 4.17. The molecule has 1 N–H and O–H groups in total. The van der Waals surface area contributed by atoms with Gasteiger partial charge in [-0.15, -0.1) is 11.3 Å². The van der Waals surface area contributed by atoms with Gasteiger partial charge in [0.05, 0.1) is 11.4 Å². The Hall–Kier alpha value is -1.26. The van der Waals surface area contributed by atoms with Crippen LogP contribution in [0.5, 0.6) is 0 Å². The van der Waals surface area contributed by atoms with Gasteiger partial charge >= 0.3 is 0 Å². The van der Waals surface area contributed by atoms with Gasteiger partial charge < -0.3 is 5.32 Å². The van der Waals surface area contributed by atoms with Crippen LogP contribution < -0.4 is 5.32 Å². The molecule has 0 amide bonds. The molecule has 2 aromatic heterocycles. The van der Waals surface area contributed by atoms with Gasteiger partial charge in [0, 0.05) is 11.1 Å². The predicted octanol–water partition coefficient (Wildman–Crippen LogP) is 2.28. The monoisotopic (exact) mass is 233 g/mol. The van der Waals surface area contributed by atoms with E-state index in [0.29, 0.717) is 0 Å². The molecular formula is C12H15N3S. The molecule has 0 atom stereocenters. The summed E-state index contributed by atoms with van der Waals surface area (Å²) in [6.45, 7) is 3.05. The molecule has 0 bridgehead atoms. The topological polar surface area (TPSA) is 37.8 Å². The van der Waals surface area contributed by atoms with Crippen LogP contribution in [0, 0.1) is 6.92 Å². The van der Waals surface area contributed by atoms with Crippen molar-refractivity contribution in [3.8, 4) is 10.7 Å². The van der Waals surface area contributed by atoms with E-state index in [4.69, 9.17) is 0 Å². The first-order chi connectivity index (χ1) is 7.81. The van der Waals surface area contributed by atoms with Crippen LogP contribution in [0.25, 0.3) is 10.7 Å². The molecule has 0 aliphatic rings. The first-order valence-electron chi connectivity index (χ1n) is 5.33. The molecule has 4 heteroatoms. The van der Waals surface area contributed by atoms with Gasteiger partial charge in [0.2, 0.25) is 0 Å². The predicted molar refractivity (Wildman–Crippen MR) is 67.7 cm³/mol. The zero-order valence-corrected chi connectivity index (χ0v) is 10.3. The second-order valence-corrected chi connectivity index (χ2v) is 4.68. The lowest BCUT2D eigenvalue weighted by molar-refractivity contribution is 0.795. The maximum absolute atomic E-state index is 4.56. The SMILES string of the molecule is CNCCc1sc(-c2ccccn2)nc1C. The van der Waals surface area contributed by atoms with Crippen LogP contribution >= 0.6 is 11.3 Å². The molecule has 2 rings (SSSR count). The number of aromatic nitrogens is 2. The van der Waals surface area contributed by atoms with Gasteiger partial charge in [-0.25, -0.2) is 4.98 Å². The first kappa shape index (κ1) is 11.2. The molecule has 3 nitrogen and oxygen atoms in total. The van der Waals surface area contributed by atoms with Crippen molar-refractivity contribution in [1.29, 1.82) is 0 Å². The molecule has 0 aliphatic carbocycles. The Morgan fingerprint density at radius 3 is 2.94 bits per heavy atom. The average molecular weight is 233 g/mol. The number of hydrogen-bond donors (Lipinski definition) is 1. The molecule has 16 heavy (non-hydrogen) atoms. The molecule has 0 saturated carbocycles. The Balaban J connectivity index is 2.24. The molecule has 0 saturated heterocycles. The molecule has 0 spiro atoms. The fraction of sp³-hybridized carbons (Fsp3) is 0.333. The summed E-state index contributed by atoms with van der Waals surface area (Å²) in [5.74, 6) is 0. The van der Waals surface area contributed by atoms with Crippen molar-refractivity contribution < 1.29 is 0 Å². The number of rotatable bonds is 4. The largest absolute Gasteiger partial charge is 0.319 e. The number of thiazole rings is 1. The van der Waals surface area contributed by atoms with E-state index in [-0.39, 0.29) is 0 Å². The summed E-state index contributed by atoms with van der Waals surface area (Å²) in [6.07, 6.45) is 2.84. The second kappa shape index (κ2) is 5.18. The molecule has 0 aromatic carbocycles.